The summed E-state index contributed by atoms with van der Waals surface area (Å²) < 4.78 is 7.98. The summed E-state index contributed by atoms with van der Waals surface area (Å²) >= 11 is 1.34. The number of benzene rings is 2. The van der Waals surface area contributed by atoms with Gasteiger partial charge in [-0.05, 0) is 62.2 Å². The van der Waals surface area contributed by atoms with Gasteiger partial charge in [-0.3, -0.25) is 14.2 Å². The number of ketones is 1. The van der Waals surface area contributed by atoms with Crippen LogP contribution < -0.4 is 19.6 Å². The van der Waals surface area contributed by atoms with Crippen LogP contribution >= 0.6 is 11.3 Å². The second-order valence-electron chi connectivity index (χ2n) is 8.57. The molecule has 0 aliphatic carbocycles. The number of nitrogens with one attached hydrogen (secondary N) is 1. The lowest BCUT2D eigenvalue weighted by molar-refractivity contribution is -0.114. The predicted molar refractivity (Wildman–Crippen MR) is 135 cm³/mol. The topological polar surface area (TPSA) is 76.4 Å². The number of methoxy groups -OCH3 is 1. The number of Topliss-reactive ketones (excluding diaryl/α,β-unsaturated/α-hetero) is 1. The summed E-state index contributed by atoms with van der Waals surface area (Å²) in [5, 5.41) is 1.95. The summed E-state index contributed by atoms with van der Waals surface area (Å²) in [6.07, 6.45) is 1.90. The van der Waals surface area contributed by atoms with Crippen LogP contribution in [-0.4, -0.2) is 22.4 Å². The molecule has 34 heavy (non-hydrogen) atoms. The van der Waals surface area contributed by atoms with Crippen molar-refractivity contribution in [1.29, 1.82) is 0 Å². The molecule has 0 saturated carbocycles. The molecule has 0 fully saturated rings. The predicted octanol–water partition coefficient (Wildman–Crippen LogP) is 3.93. The van der Waals surface area contributed by atoms with Crippen molar-refractivity contribution in [1.82, 2.24) is 9.55 Å². The third-order valence-electron chi connectivity index (χ3n) is 6.30. The summed E-state index contributed by atoms with van der Waals surface area (Å²) in [6.45, 7) is 7.33. The molecule has 2 aromatic carbocycles. The number of ether oxygens (including phenoxy) is 1. The van der Waals surface area contributed by atoms with E-state index >= 15 is 0 Å². The fraction of sp³-hybridized carbons (Fsp3) is 0.222. The van der Waals surface area contributed by atoms with E-state index in [1.54, 1.807) is 11.7 Å². The molecule has 2 aromatic heterocycles. The normalized spacial score (nSPS) is 16.0. The van der Waals surface area contributed by atoms with Crippen molar-refractivity contribution in [2.75, 3.05) is 7.11 Å². The van der Waals surface area contributed by atoms with Gasteiger partial charge in [-0.25, -0.2) is 4.99 Å². The van der Waals surface area contributed by atoms with Crippen molar-refractivity contribution in [2.45, 2.75) is 33.7 Å². The Morgan fingerprint density at radius 3 is 2.62 bits per heavy atom. The average Bonchev–Trinajstić information content (AvgIpc) is 3.28. The number of carbonyl (C=O) groups excluding carboxylic acids is 1. The van der Waals surface area contributed by atoms with Crippen molar-refractivity contribution in [3.05, 3.63) is 95.9 Å². The third kappa shape index (κ3) is 3.44. The zero-order chi connectivity index (χ0) is 24.1. The number of hydrogen-bond donors (Lipinski definition) is 1. The van der Waals surface area contributed by atoms with Crippen molar-refractivity contribution < 1.29 is 9.53 Å². The smallest absolute Gasteiger partial charge is 0.271 e. The standard InChI is InChI=1S/C27H25N3O3S/c1-14-12-19(15(2)28-14)13-22-26(32)30-25(23(17(4)31)16(3)29-27(30)34-22)24-20-9-7-6-8-18(20)10-11-21(24)33-5/h6-13,25,28H,1-5H3/t25-/m0/s1. The zero-order valence-electron chi connectivity index (χ0n) is 19.7. The number of aryl methyl sites for hydroxylation is 2. The molecule has 5 rings (SSSR count). The van der Waals surface area contributed by atoms with Gasteiger partial charge in [0.25, 0.3) is 5.56 Å². The van der Waals surface area contributed by atoms with Gasteiger partial charge in [0.1, 0.15) is 5.75 Å². The molecule has 3 heterocycles. The largest absolute Gasteiger partial charge is 0.496 e. The lowest BCUT2D eigenvalue weighted by Gasteiger charge is -2.27. The molecular weight excluding hydrogens is 446 g/mol. The van der Waals surface area contributed by atoms with Crippen LogP contribution in [0.25, 0.3) is 16.8 Å². The SMILES string of the molecule is COc1ccc2ccccc2c1[C@@H]1C(C(C)=O)=C(C)N=c2sc(=Cc3cc(C)[nH]c3C)c(=O)n21. The molecule has 0 saturated heterocycles. The highest BCUT2D eigenvalue weighted by Gasteiger charge is 2.33. The van der Waals surface area contributed by atoms with Crippen molar-refractivity contribution in [3.63, 3.8) is 0 Å². The molecule has 0 unspecified atom stereocenters. The number of allylic oxidation sites excluding steroid dienone is 2. The Morgan fingerprint density at radius 2 is 1.94 bits per heavy atom. The quantitative estimate of drug-likeness (QED) is 0.490. The Labute approximate surface area is 200 Å². The highest BCUT2D eigenvalue weighted by molar-refractivity contribution is 7.07. The molecule has 6 nitrogen and oxygen atoms in total. The molecular formula is C27H25N3O3S. The molecule has 1 aliphatic rings. The van der Waals surface area contributed by atoms with Gasteiger partial charge in [0, 0.05) is 28.2 Å². The van der Waals surface area contributed by atoms with E-state index in [1.807, 2.05) is 69.3 Å². The summed E-state index contributed by atoms with van der Waals surface area (Å²) in [5.41, 5.74) is 4.73. The van der Waals surface area contributed by atoms with Gasteiger partial charge in [0.15, 0.2) is 10.6 Å². The van der Waals surface area contributed by atoms with Gasteiger partial charge in [-0.1, -0.05) is 41.7 Å². The van der Waals surface area contributed by atoms with Crippen LogP contribution in [0.4, 0.5) is 0 Å². The molecule has 4 aromatic rings. The van der Waals surface area contributed by atoms with E-state index in [1.165, 1.54) is 18.3 Å². The van der Waals surface area contributed by atoms with Gasteiger partial charge in [0.2, 0.25) is 0 Å². The van der Waals surface area contributed by atoms with E-state index in [4.69, 9.17) is 4.74 Å². The minimum atomic E-state index is -0.633. The van der Waals surface area contributed by atoms with E-state index in [2.05, 4.69) is 9.98 Å². The van der Waals surface area contributed by atoms with Crippen LogP contribution in [0.2, 0.25) is 0 Å². The van der Waals surface area contributed by atoms with Crippen molar-refractivity contribution in [3.8, 4) is 5.75 Å². The molecule has 0 bridgehead atoms. The number of rotatable bonds is 4. The maximum absolute atomic E-state index is 13.8. The average molecular weight is 472 g/mol. The minimum absolute atomic E-state index is 0.118. The summed E-state index contributed by atoms with van der Waals surface area (Å²) in [5.74, 6) is 0.511. The minimum Gasteiger partial charge on any atom is -0.496 e. The number of H-pyrrole nitrogens is 1. The molecule has 1 aliphatic heterocycles. The van der Waals surface area contributed by atoms with Crippen LogP contribution in [0, 0.1) is 13.8 Å². The monoisotopic (exact) mass is 471 g/mol. The lowest BCUT2D eigenvalue weighted by Crippen LogP contribution is -2.39. The third-order valence-corrected chi connectivity index (χ3v) is 7.28. The van der Waals surface area contributed by atoms with Crippen molar-refractivity contribution >= 4 is 34.0 Å². The van der Waals surface area contributed by atoms with Crippen LogP contribution in [0.1, 0.15) is 42.4 Å². The van der Waals surface area contributed by atoms with E-state index < -0.39 is 6.04 Å². The molecule has 172 valence electrons. The number of hydrogen-bond acceptors (Lipinski definition) is 5. The number of thiazole rings is 1. The number of carbonyl (C=O) groups is 1. The Balaban J connectivity index is 1.88. The molecule has 0 spiro atoms. The second kappa shape index (κ2) is 8.25. The number of fused-ring (bicyclic) bond motifs is 2. The highest BCUT2D eigenvalue weighted by Crippen LogP contribution is 2.40. The van der Waals surface area contributed by atoms with Gasteiger partial charge in [-0.15, -0.1) is 0 Å². The maximum atomic E-state index is 13.8. The summed E-state index contributed by atoms with van der Waals surface area (Å²) in [7, 11) is 1.61. The Morgan fingerprint density at radius 1 is 1.18 bits per heavy atom. The first kappa shape index (κ1) is 22.1. The first-order valence-electron chi connectivity index (χ1n) is 11.1. The first-order valence-corrected chi connectivity index (χ1v) is 11.9. The van der Waals surface area contributed by atoms with E-state index in [0.29, 0.717) is 26.4 Å². The first-order chi connectivity index (χ1) is 16.3. The van der Waals surface area contributed by atoms with Gasteiger partial charge >= 0.3 is 0 Å². The van der Waals surface area contributed by atoms with Gasteiger partial charge < -0.3 is 9.72 Å². The van der Waals surface area contributed by atoms with Crippen LogP contribution in [0.15, 0.2) is 63.5 Å². The number of aromatic amines is 1. The fourth-order valence-corrected chi connectivity index (χ4v) is 5.85. The maximum Gasteiger partial charge on any atom is 0.271 e. The van der Waals surface area contributed by atoms with E-state index in [9.17, 15) is 9.59 Å². The van der Waals surface area contributed by atoms with Crippen LogP contribution in [-0.2, 0) is 4.79 Å². The highest BCUT2D eigenvalue weighted by atomic mass is 32.1. The zero-order valence-corrected chi connectivity index (χ0v) is 20.5. The number of aromatic nitrogens is 2. The number of nitrogens with zero attached hydrogens (tertiary/aromatic N) is 2. The van der Waals surface area contributed by atoms with Crippen molar-refractivity contribution in [2.24, 2.45) is 4.99 Å². The fourth-order valence-electron chi connectivity index (χ4n) is 4.82. The van der Waals surface area contributed by atoms with E-state index in [0.717, 1.165) is 33.3 Å². The summed E-state index contributed by atoms with van der Waals surface area (Å²) in [4.78, 5) is 35.3. The van der Waals surface area contributed by atoms with Crippen LogP contribution in [0.3, 0.4) is 0 Å². The molecule has 1 atom stereocenters. The van der Waals surface area contributed by atoms with E-state index in [-0.39, 0.29) is 11.3 Å². The Bertz CT molecular complexity index is 1680. The molecule has 1 N–H and O–H groups in total. The second-order valence-corrected chi connectivity index (χ2v) is 9.58. The Hall–Kier alpha value is -3.71. The molecule has 0 amide bonds. The summed E-state index contributed by atoms with van der Waals surface area (Å²) in [6, 6.07) is 13.2. The van der Waals surface area contributed by atoms with Gasteiger partial charge in [-0.2, -0.15) is 0 Å². The lowest BCUT2D eigenvalue weighted by atomic mass is 9.89. The van der Waals surface area contributed by atoms with Gasteiger partial charge in [0.05, 0.1) is 17.7 Å². The molecule has 7 heteroatoms. The van der Waals surface area contributed by atoms with Crippen LogP contribution in [0.5, 0.6) is 5.75 Å². The molecule has 0 radical (unpaired) electrons. The Kier molecular flexibility index (Phi) is 5.37.